The number of aryl methyl sites for hydroxylation is 1. The Morgan fingerprint density at radius 1 is 1.23 bits per heavy atom. The van der Waals surface area contributed by atoms with Crippen molar-refractivity contribution in [1.29, 1.82) is 0 Å². The van der Waals surface area contributed by atoms with E-state index in [0.29, 0.717) is 11.6 Å². The Morgan fingerprint density at radius 3 is 2.63 bits per heavy atom. The zero-order valence-corrected chi connectivity index (χ0v) is 18.3. The third-order valence-corrected chi connectivity index (χ3v) is 6.60. The molecule has 7 heteroatoms. The van der Waals surface area contributed by atoms with Gasteiger partial charge in [0.05, 0.1) is 0 Å². The number of benzene rings is 1. The van der Waals surface area contributed by atoms with Crippen molar-refractivity contribution < 1.29 is 5.11 Å². The second kappa shape index (κ2) is 8.94. The van der Waals surface area contributed by atoms with E-state index in [0.717, 1.165) is 54.9 Å². The van der Waals surface area contributed by atoms with E-state index in [1.165, 1.54) is 10.1 Å². The zero-order valence-electron chi connectivity index (χ0n) is 17.5. The lowest BCUT2D eigenvalue weighted by Crippen LogP contribution is -2.45. The van der Waals surface area contributed by atoms with Crippen molar-refractivity contribution in [1.82, 2.24) is 19.4 Å². The van der Waals surface area contributed by atoms with Gasteiger partial charge in [-0.3, -0.25) is 9.69 Å². The SMILES string of the molecule is CN(C1CCN(CCc2ccc(Cl)cc2)CC1)C(O)c1cn(C)c(=O)c2[nH]ccc12. The molecule has 0 spiro atoms. The molecule has 1 aliphatic heterocycles. The summed E-state index contributed by atoms with van der Waals surface area (Å²) in [5.41, 5.74) is 2.53. The molecule has 1 aromatic carbocycles. The average Bonchev–Trinajstić information content (AvgIpc) is 3.25. The minimum absolute atomic E-state index is 0.0809. The third-order valence-electron chi connectivity index (χ3n) is 6.35. The highest BCUT2D eigenvalue weighted by molar-refractivity contribution is 6.30. The van der Waals surface area contributed by atoms with Gasteiger partial charge in [-0.05, 0) is 63.2 Å². The molecule has 30 heavy (non-hydrogen) atoms. The summed E-state index contributed by atoms with van der Waals surface area (Å²) in [7, 11) is 3.69. The molecular weight excluding hydrogens is 400 g/mol. The van der Waals surface area contributed by atoms with Crippen LogP contribution in [0.25, 0.3) is 10.9 Å². The Balaban J connectivity index is 1.37. The molecule has 3 heterocycles. The minimum atomic E-state index is -0.749. The van der Waals surface area contributed by atoms with E-state index < -0.39 is 6.23 Å². The van der Waals surface area contributed by atoms with Gasteiger partial charge in [-0.25, -0.2) is 0 Å². The number of fused-ring (bicyclic) bond motifs is 1. The van der Waals surface area contributed by atoms with Gasteiger partial charge in [-0.1, -0.05) is 23.7 Å². The number of aliphatic hydroxyl groups is 1. The summed E-state index contributed by atoms with van der Waals surface area (Å²) in [6, 6.07) is 10.2. The molecule has 1 unspecified atom stereocenters. The van der Waals surface area contributed by atoms with E-state index >= 15 is 0 Å². The number of aromatic amines is 1. The fourth-order valence-electron chi connectivity index (χ4n) is 4.41. The number of hydrogen-bond acceptors (Lipinski definition) is 4. The monoisotopic (exact) mass is 428 g/mol. The number of pyridine rings is 1. The predicted molar refractivity (Wildman–Crippen MR) is 121 cm³/mol. The standard InChI is InChI=1S/C23H29ClN4O2/c1-26-15-20(19-7-11-25-21(19)23(26)30)22(29)27(2)18-9-13-28(14-10-18)12-8-16-3-5-17(24)6-4-16/h3-7,11,15,18,22,25,29H,8-10,12-14H2,1-2H3. The average molecular weight is 429 g/mol. The maximum Gasteiger partial charge on any atom is 0.274 e. The molecule has 2 N–H and O–H groups in total. The van der Waals surface area contributed by atoms with Gasteiger partial charge in [-0.15, -0.1) is 0 Å². The van der Waals surface area contributed by atoms with Crippen LogP contribution in [0.4, 0.5) is 0 Å². The molecule has 160 valence electrons. The van der Waals surface area contributed by atoms with E-state index in [1.54, 1.807) is 19.4 Å². The first-order valence-electron chi connectivity index (χ1n) is 10.5. The molecule has 2 aromatic heterocycles. The number of halogens is 1. The Hall–Kier alpha value is -2.12. The Kier molecular flexibility index (Phi) is 6.29. The Labute approximate surface area is 181 Å². The summed E-state index contributed by atoms with van der Waals surface area (Å²) in [6.45, 7) is 3.07. The fourth-order valence-corrected chi connectivity index (χ4v) is 4.54. The number of H-pyrrole nitrogens is 1. The van der Waals surface area contributed by atoms with Crippen LogP contribution in [0.5, 0.6) is 0 Å². The fraction of sp³-hybridized carbons (Fsp3) is 0.435. The van der Waals surface area contributed by atoms with Crippen LogP contribution in [-0.2, 0) is 13.5 Å². The minimum Gasteiger partial charge on any atom is -0.374 e. The van der Waals surface area contributed by atoms with E-state index in [-0.39, 0.29) is 5.56 Å². The first-order valence-corrected chi connectivity index (χ1v) is 10.9. The number of piperidine rings is 1. The molecule has 0 bridgehead atoms. The van der Waals surface area contributed by atoms with E-state index in [2.05, 4.69) is 22.0 Å². The van der Waals surface area contributed by atoms with Crippen LogP contribution in [0.3, 0.4) is 0 Å². The second-order valence-electron chi connectivity index (χ2n) is 8.26. The van der Waals surface area contributed by atoms with Crippen molar-refractivity contribution in [3.63, 3.8) is 0 Å². The predicted octanol–water partition coefficient (Wildman–Crippen LogP) is 3.15. The number of likely N-dealkylation sites (tertiary alicyclic amines) is 1. The van der Waals surface area contributed by atoms with Crippen molar-refractivity contribution in [2.24, 2.45) is 7.05 Å². The zero-order chi connectivity index (χ0) is 21.3. The molecule has 6 nitrogen and oxygen atoms in total. The lowest BCUT2D eigenvalue weighted by Gasteiger charge is -2.39. The van der Waals surface area contributed by atoms with Crippen LogP contribution in [-0.4, -0.2) is 57.2 Å². The molecule has 0 aliphatic carbocycles. The van der Waals surface area contributed by atoms with Crippen molar-refractivity contribution in [3.05, 3.63) is 69.2 Å². The lowest BCUT2D eigenvalue weighted by atomic mass is 10.0. The van der Waals surface area contributed by atoms with Crippen LogP contribution >= 0.6 is 11.6 Å². The van der Waals surface area contributed by atoms with E-state index in [4.69, 9.17) is 11.6 Å². The largest absolute Gasteiger partial charge is 0.374 e. The Morgan fingerprint density at radius 2 is 1.93 bits per heavy atom. The van der Waals surface area contributed by atoms with Crippen molar-refractivity contribution in [2.45, 2.75) is 31.5 Å². The summed E-state index contributed by atoms with van der Waals surface area (Å²) in [6.07, 6.45) is 5.79. The highest BCUT2D eigenvalue weighted by Gasteiger charge is 2.28. The van der Waals surface area contributed by atoms with Crippen LogP contribution < -0.4 is 5.56 Å². The number of hydrogen-bond donors (Lipinski definition) is 2. The number of nitrogens with zero attached hydrogens (tertiary/aromatic N) is 3. The molecule has 4 rings (SSSR count). The summed E-state index contributed by atoms with van der Waals surface area (Å²) in [4.78, 5) is 19.8. The van der Waals surface area contributed by atoms with Gasteiger partial charge in [0.15, 0.2) is 0 Å². The molecule has 0 saturated carbocycles. The number of nitrogens with one attached hydrogen (secondary N) is 1. The van der Waals surface area contributed by atoms with Crippen molar-refractivity contribution in [3.8, 4) is 0 Å². The maximum absolute atomic E-state index is 12.3. The first kappa shape index (κ1) is 21.1. The van der Waals surface area contributed by atoms with Crippen LogP contribution in [0, 0.1) is 0 Å². The molecule has 1 saturated heterocycles. The second-order valence-corrected chi connectivity index (χ2v) is 8.69. The molecule has 0 amide bonds. The van der Waals surface area contributed by atoms with Gasteiger partial charge in [0.25, 0.3) is 5.56 Å². The summed E-state index contributed by atoms with van der Waals surface area (Å²) in [5.74, 6) is 0. The molecule has 1 fully saturated rings. The maximum atomic E-state index is 12.3. The van der Waals surface area contributed by atoms with Crippen LogP contribution in [0.1, 0.15) is 30.2 Å². The van der Waals surface area contributed by atoms with E-state index in [9.17, 15) is 9.90 Å². The number of aromatic nitrogens is 2. The van der Waals surface area contributed by atoms with Gasteiger partial charge in [-0.2, -0.15) is 0 Å². The summed E-state index contributed by atoms with van der Waals surface area (Å²) in [5, 5.41) is 12.6. The highest BCUT2D eigenvalue weighted by Crippen LogP contribution is 2.28. The van der Waals surface area contributed by atoms with E-state index in [1.807, 2.05) is 30.1 Å². The smallest absolute Gasteiger partial charge is 0.274 e. The summed E-state index contributed by atoms with van der Waals surface area (Å²) < 4.78 is 1.53. The van der Waals surface area contributed by atoms with Gasteiger partial charge >= 0.3 is 0 Å². The highest BCUT2D eigenvalue weighted by atomic mass is 35.5. The van der Waals surface area contributed by atoms with Crippen LogP contribution in [0.15, 0.2) is 47.5 Å². The van der Waals surface area contributed by atoms with Crippen molar-refractivity contribution >= 4 is 22.5 Å². The lowest BCUT2D eigenvalue weighted by molar-refractivity contribution is -0.0248. The van der Waals surface area contributed by atoms with Gasteiger partial charge in [0, 0.05) is 48.0 Å². The van der Waals surface area contributed by atoms with Gasteiger partial charge in [0.2, 0.25) is 0 Å². The van der Waals surface area contributed by atoms with Crippen molar-refractivity contribution in [2.75, 3.05) is 26.7 Å². The quantitative estimate of drug-likeness (QED) is 0.592. The molecule has 1 aliphatic rings. The van der Waals surface area contributed by atoms with Gasteiger partial charge in [0.1, 0.15) is 11.7 Å². The van der Waals surface area contributed by atoms with Gasteiger partial charge < -0.3 is 19.6 Å². The topological polar surface area (TPSA) is 64.5 Å². The Bertz CT molecular complexity index is 1050. The number of aliphatic hydroxyl groups excluding tert-OH is 1. The molecule has 3 aromatic rings. The van der Waals surface area contributed by atoms with Crippen LogP contribution in [0.2, 0.25) is 5.02 Å². The molecule has 1 atom stereocenters. The third kappa shape index (κ3) is 4.32. The first-order chi connectivity index (χ1) is 14.4. The number of rotatable bonds is 6. The molecule has 0 radical (unpaired) electrons. The molecular formula is C23H29ClN4O2. The summed E-state index contributed by atoms with van der Waals surface area (Å²) >= 11 is 5.96. The normalized spacial score (nSPS) is 17.1.